The molecule has 0 aliphatic heterocycles. The summed E-state index contributed by atoms with van der Waals surface area (Å²) in [5, 5.41) is 0. The van der Waals surface area contributed by atoms with Gasteiger partial charge in [-0.05, 0) is 103 Å². The summed E-state index contributed by atoms with van der Waals surface area (Å²) < 4.78 is 16.9. The number of hydrogen-bond acceptors (Lipinski definition) is 6. The Morgan fingerprint density at radius 2 is 0.500 bits per heavy atom. The molecule has 0 rings (SSSR count). The highest BCUT2D eigenvalue weighted by atomic mass is 16.6. The summed E-state index contributed by atoms with van der Waals surface area (Å²) in [4.78, 5) is 38.4. The Balaban J connectivity index is 4.43. The molecule has 6 nitrogen and oxygen atoms in total. The predicted octanol–water partition coefficient (Wildman–Crippen LogP) is 22.8. The van der Waals surface area contributed by atoms with Gasteiger partial charge in [0.1, 0.15) is 13.2 Å². The first-order chi connectivity index (χ1) is 38.5. The Hall–Kier alpha value is -3.67. The highest BCUT2D eigenvalue weighted by molar-refractivity contribution is 5.71. The monoisotopic (exact) mass is 1080 g/mol. The Morgan fingerprint density at radius 3 is 0.821 bits per heavy atom. The molecule has 0 radical (unpaired) electrons. The van der Waals surface area contributed by atoms with Crippen LogP contribution in [-0.2, 0) is 28.6 Å². The average molecular weight is 1090 g/mol. The van der Waals surface area contributed by atoms with E-state index in [4.69, 9.17) is 14.2 Å². The molecule has 0 spiro atoms. The SMILES string of the molecule is CC/C=C\C/C=C\C/C=C\C/C=C\C/C=C\CCCCCC(=O)OC(COC(=O)CCCCCCCC/C=C\C/C=C\C/C=C\CCCCC)COC(=O)CCCCCCCCCCCCCCCCCCCCCCCC. The average Bonchev–Trinajstić information content (AvgIpc) is 3.44. The number of hydrogen-bond donors (Lipinski definition) is 0. The first kappa shape index (κ1) is 74.3. The molecule has 0 bridgehead atoms. The predicted molar refractivity (Wildman–Crippen MR) is 339 cm³/mol. The van der Waals surface area contributed by atoms with Crippen LogP contribution in [0.3, 0.4) is 0 Å². The highest BCUT2D eigenvalue weighted by Gasteiger charge is 2.19. The van der Waals surface area contributed by atoms with Crippen molar-refractivity contribution in [3.05, 3.63) is 97.2 Å². The van der Waals surface area contributed by atoms with E-state index >= 15 is 0 Å². The first-order valence-corrected chi connectivity index (χ1v) is 33.2. The summed E-state index contributed by atoms with van der Waals surface area (Å²) in [6, 6.07) is 0. The zero-order valence-electron chi connectivity index (χ0n) is 51.4. The maximum atomic E-state index is 12.9. The minimum Gasteiger partial charge on any atom is -0.462 e. The third-order valence-corrected chi connectivity index (χ3v) is 14.3. The fourth-order valence-electron chi connectivity index (χ4n) is 9.36. The molecule has 0 fully saturated rings. The van der Waals surface area contributed by atoms with Crippen LogP contribution in [-0.4, -0.2) is 37.2 Å². The van der Waals surface area contributed by atoms with Crippen molar-refractivity contribution in [1.29, 1.82) is 0 Å². The quantitative estimate of drug-likeness (QED) is 0.0261. The molecule has 6 heteroatoms. The summed E-state index contributed by atoms with van der Waals surface area (Å²) in [5.41, 5.74) is 0. The van der Waals surface area contributed by atoms with Gasteiger partial charge in [-0.15, -0.1) is 0 Å². The Bertz CT molecular complexity index is 1530. The van der Waals surface area contributed by atoms with Gasteiger partial charge in [0.2, 0.25) is 0 Å². The van der Waals surface area contributed by atoms with E-state index in [9.17, 15) is 14.4 Å². The lowest BCUT2D eigenvalue weighted by Gasteiger charge is -2.18. The van der Waals surface area contributed by atoms with E-state index in [1.165, 1.54) is 167 Å². The lowest BCUT2D eigenvalue weighted by Crippen LogP contribution is -2.30. The number of ether oxygens (including phenoxy) is 3. The zero-order valence-corrected chi connectivity index (χ0v) is 51.4. The van der Waals surface area contributed by atoms with Crippen molar-refractivity contribution in [3.8, 4) is 0 Å². The summed E-state index contributed by atoms with van der Waals surface area (Å²) in [6.07, 6.45) is 88.4. The van der Waals surface area contributed by atoms with E-state index in [1.807, 2.05) is 0 Å². The summed E-state index contributed by atoms with van der Waals surface area (Å²) >= 11 is 0. The number of allylic oxidation sites excluding steroid dienone is 16. The van der Waals surface area contributed by atoms with Gasteiger partial charge in [0.25, 0.3) is 0 Å². The largest absolute Gasteiger partial charge is 0.462 e. The van der Waals surface area contributed by atoms with Crippen molar-refractivity contribution in [3.63, 3.8) is 0 Å². The third-order valence-electron chi connectivity index (χ3n) is 14.3. The molecule has 0 saturated carbocycles. The van der Waals surface area contributed by atoms with Crippen LogP contribution in [0.25, 0.3) is 0 Å². The number of rotatable bonds is 60. The molecule has 0 heterocycles. The van der Waals surface area contributed by atoms with Crippen LogP contribution in [0.2, 0.25) is 0 Å². The summed E-state index contributed by atoms with van der Waals surface area (Å²) in [5.74, 6) is -0.925. The van der Waals surface area contributed by atoms with Gasteiger partial charge in [0.05, 0.1) is 0 Å². The third kappa shape index (κ3) is 63.2. The number of unbranched alkanes of at least 4 members (excludes halogenated alkanes) is 33. The van der Waals surface area contributed by atoms with Gasteiger partial charge in [-0.3, -0.25) is 14.4 Å². The molecule has 1 unspecified atom stereocenters. The van der Waals surface area contributed by atoms with Crippen LogP contribution in [0.5, 0.6) is 0 Å². The smallest absolute Gasteiger partial charge is 0.306 e. The van der Waals surface area contributed by atoms with Crippen molar-refractivity contribution in [1.82, 2.24) is 0 Å². The fourth-order valence-corrected chi connectivity index (χ4v) is 9.36. The van der Waals surface area contributed by atoms with Gasteiger partial charge in [-0.2, -0.15) is 0 Å². The number of carbonyl (C=O) groups excluding carboxylic acids is 3. The maximum absolute atomic E-state index is 12.9. The molecule has 0 aromatic carbocycles. The van der Waals surface area contributed by atoms with E-state index in [-0.39, 0.29) is 37.5 Å². The molecule has 0 N–H and O–H groups in total. The molecule has 0 aliphatic carbocycles. The Kier molecular flexibility index (Phi) is 62.7. The van der Waals surface area contributed by atoms with Crippen LogP contribution < -0.4 is 0 Å². The van der Waals surface area contributed by atoms with Crippen LogP contribution in [0.1, 0.15) is 323 Å². The maximum Gasteiger partial charge on any atom is 0.306 e. The Labute approximate surface area is 483 Å². The van der Waals surface area contributed by atoms with Crippen molar-refractivity contribution >= 4 is 17.9 Å². The minimum atomic E-state index is -0.802. The summed E-state index contributed by atoms with van der Waals surface area (Å²) in [6.45, 7) is 6.50. The highest BCUT2D eigenvalue weighted by Crippen LogP contribution is 2.17. The van der Waals surface area contributed by atoms with Crippen molar-refractivity contribution in [2.75, 3.05) is 13.2 Å². The molecule has 0 aromatic heterocycles. The number of carbonyl (C=O) groups is 3. The topological polar surface area (TPSA) is 78.9 Å². The first-order valence-electron chi connectivity index (χ1n) is 33.2. The summed E-state index contributed by atoms with van der Waals surface area (Å²) in [7, 11) is 0. The van der Waals surface area contributed by atoms with E-state index in [2.05, 4.69) is 118 Å². The standard InChI is InChI=1S/C72H124O6/c1-4-7-10-13-16-19-22-25-28-31-34-35-36-39-41-44-47-50-53-56-59-62-65-71(74)77-68-69(78-72(75)66-63-60-57-54-51-48-45-42-38-33-30-27-24-21-18-15-12-9-6-3)67-76-70(73)64-61-58-55-52-49-46-43-40-37-32-29-26-23-20-17-14-11-8-5-2/h9,12,17-18,20-21,26-27,29-30,37-38,40,42,48,51,69H,4-8,10-11,13-16,19,22-25,28,31-36,39,41,43-47,49-50,52-68H2,1-3H3/b12-9-,20-17-,21-18-,29-26-,30-27-,40-37-,42-38-,51-48-. The van der Waals surface area contributed by atoms with Crippen LogP contribution in [0.4, 0.5) is 0 Å². The molecule has 0 amide bonds. The fraction of sp³-hybridized carbons (Fsp3) is 0.736. The molecular weight excluding hydrogens is 961 g/mol. The van der Waals surface area contributed by atoms with Crippen LogP contribution >= 0.6 is 0 Å². The Morgan fingerprint density at radius 1 is 0.269 bits per heavy atom. The van der Waals surface area contributed by atoms with Gasteiger partial charge < -0.3 is 14.2 Å². The van der Waals surface area contributed by atoms with E-state index in [1.54, 1.807) is 0 Å². The molecular formula is C72H124O6. The van der Waals surface area contributed by atoms with Gasteiger partial charge in [-0.25, -0.2) is 0 Å². The van der Waals surface area contributed by atoms with Crippen molar-refractivity contribution < 1.29 is 28.6 Å². The normalized spacial score (nSPS) is 12.7. The second kappa shape index (κ2) is 65.8. The van der Waals surface area contributed by atoms with E-state index in [0.29, 0.717) is 12.8 Å². The molecule has 0 aliphatic rings. The van der Waals surface area contributed by atoms with Gasteiger partial charge in [0, 0.05) is 19.3 Å². The van der Waals surface area contributed by atoms with E-state index in [0.717, 1.165) is 116 Å². The molecule has 0 saturated heterocycles. The van der Waals surface area contributed by atoms with Crippen LogP contribution in [0, 0.1) is 0 Å². The van der Waals surface area contributed by atoms with Gasteiger partial charge >= 0.3 is 17.9 Å². The molecule has 448 valence electrons. The lowest BCUT2D eigenvalue weighted by molar-refractivity contribution is -0.167. The van der Waals surface area contributed by atoms with Gasteiger partial charge in [-0.1, -0.05) is 298 Å². The zero-order chi connectivity index (χ0) is 56.4. The second-order valence-electron chi connectivity index (χ2n) is 22.0. The van der Waals surface area contributed by atoms with Crippen molar-refractivity contribution in [2.45, 2.75) is 329 Å². The van der Waals surface area contributed by atoms with Crippen LogP contribution in [0.15, 0.2) is 97.2 Å². The molecule has 78 heavy (non-hydrogen) atoms. The van der Waals surface area contributed by atoms with Gasteiger partial charge in [0.15, 0.2) is 6.10 Å². The molecule has 1 atom stereocenters. The minimum absolute atomic E-state index is 0.0933. The molecule has 0 aromatic rings. The lowest BCUT2D eigenvalue weighted by atomic mass is 10.0. The number of esters is 3. The second-order valence-corrected chi connectivity index (χ2v) is 22.0. The van der Waals surface area contributed by atoms with E-state index < -0.39 is 6.10 Å². The van der Waals surface area contributed by atoms with Crippen molar-refractivity contribution in [2.24, 2.45) is 0 Å².